The summed E-state index contributed by atoms with van der Waals surface area (Å²) in [5.74, 6) is -3.68. The quantitative estimate of drug-likeness (QED) is 0.252. The molecule has 7 N–H and O–H groups in total. The number of hydrogen-bond donors (Lipinski definition) is 6. The number of aliphatic carboxylic acids is 2. The van der Waals surface area contributed by atoms with Crippen molar-refractivity contribution in [2.75, 3.05) is 11.1 Å². The van der Waals surface area contributed by atoms with Crippen LogP contribution in [0.25, 0.3) is 10.9 Å². The van der Waals surface area contributed by atoms with Crippen LogP contribution < -0.4 is 21.9 Å². The van der Waals surface area contributed by atoms with Gasteiger partial charge < -0.3 is 26.6 Å². The molecular formula is C22H20F3N5O6. The van der Waals surface area contributed by atoms with Gasteiger partial charge in [-0.2, -0.15) is 13.2 Å². The van der Waals surface area contributed by atoms with Gasteiger partial charge in [-0.25, -0.2) is 9.78 Å². The Morgan fingerprint density at radius 3 is 2.33 bits per heavy atom. The van der Waals surface area contributed by atoms with Gasteiger partial charge in [-0.3, -0.25) is 19.4 Å². The summed E-state index contributed by atoms with van der Waals surface area (Å²) in [4.78, 5) is 52.2. The van der Waals surface area contributed by atoms with Gasteiger partial charge in [0.1, 0.15) is 6.04 Å². The molecule has 11 nitrogen and oxygen atoms in total. The molecule has 1 atom stereocenters. The number of H-pyrrole nitrogens is 1. The van der Waals surface area contributed by atoms with Crippen LogP contribution in [0.1, 0.15) is 34.3 Å². The van der Waals surface area contributed by atoms with E-state index in [1.807, 2.05) is 0 Å². The molecule has 14 heteroatoms. The van der Waals surface area contributed by atoms with Gasteiger partial charge in [-0.15, -0.1) is 0 Å². The molecule has 190 valence electrons. The molecule has 0 spiro atoms. The van der Waals surface area contributed by atoms with Crippen molar-refractivity contribution in [2.24, 2.45) is 0 Å². The van der Waals surface area contributed by atoms with Crippen LogP contribution in [0.4, 0.5) is 24.8 Å². The topological polar surface area (TPSA) is 187 Å². The van der Waals surface area contributed by atoms with Crippen molar-refractivity contribution in [3.8, 4) is 0 Å². The molecule has 0 aliphatic heterocycles. The summed E-state index contributed by atoms with van der Waals surface area (Å²) in [6.45, 7) is -0.104. The lowest BCUT2D eigenvalue weighted by molar-refractivity contribution is -0.140. The number of carbonyl (C=O) groups is 3. The smallest absolute Gasteiger partial charge is 0.419 e. The first-order valence-electron chi connectivity index (χ1n) is 10.3. The predicted octanol–water partition coefficient (Wildman–Crippen LogP) is 2.18. The summed E-state index contributed by atoms with van der Waals surface area (Å²) in [6.07, 6.45) is -5.64. The average molecular weight is 507 g/mol. The van der Waals surface area contributed by atoms with Gasteiger partial charge in [0.2, 0.25) is 5.95 Å². The van der Waals surface area contributed by atoms with Gasteiger partial charge in [0.05, 0.1) is 16.5 Å². The molecule has 0 bridgehead atoms. The number of carboxylic acids is 2. The monoisotopic (exact) mass is 507 g/mol. The van der Waals surface area contributed by atoms with E-state index in [1.54, 1.807) is 0 Å². The minimum absolute atomic E-state index is 0.0669. The van der Waals surface area contributed by atoms with Crippen LogP contribution in [0.2, 0.25) is 0 Å². The minimum atomic E-state index is -4.88. The first-order chi connectivity index (χ1) is 16.9. The Kier molecular flexibility index (Phi) is 7.46. The lowest BCUT2D eigenvalue weighted by Crippen LogP contribution is -2.41. The number of fused-ring (bicyclic) bond motifs is 1. The highest BCUT2D eigenvalue weighted by Crippen LogP contribution is 2.38. The Labute approximate surface area is 200 Å². The molecule has 36 heavy (non-hydrogen) atoms. The van der Waals surface area contributed by atoms with E-state index in [1.165, 1.54) is 30.3 Å². The number of hydrogen-bond acceptors (Lipinski definition) is 7. The van der Waals surface area contributed by atoms with Gasteiger partial charge in [0.15, 0.2) is 0 Å². The van der Waals surface area contributed by atoms with Crippen LogP contribution >= 0.6 is 0 Å². The predicted molar refractivity (Wildman–Crippen MR) is 121 cm³/mol. The fourth-order valence-corrected chi connectivity index (χ4v) is 3.43. The number of nitrogens with one attached hydrogen (secondary N) is 3. The number of carbonyl (C=O) groups excluding carboxylic acids is 1. The van der Waals surface area contributed by atoms with Crippen LogP contribution in [0.15, 0.2) is 41.2 Å². The molecule has 1 aromatic heterocycles. The van der Waals surface area contributed by atoms with Crippen LogP contribution in [-0.2, 0) is 22.3 Å². The van der Waals surface area contributed by atoms with Crippen molar-refractivity contribution in [1.29, 1.82) is 0 Å². The first-order valence-corrected chi connectivity index (χ1v) is 10.3. The fourth-order valence-electron chi connectivity index (χ4n) is 3.43. The molecule has 0 saturated heterocycles. The number of nitrogens with zero attached hydrogens (tertiary/aromatic N) is 1. The molecule has 0 radical (unpaired) electrons. The maximum absolute atomic E-state index is 13.8. The number of halogens is 3. The Hall–Kier alpha value is -4.62. The van der Waals surface area contributed by atoms with Crippen molar-refractivity contribution in [1.82, 2.24) is 15.3 Å². The van der Waals surface area contributed by atoms with Crippen molar-refractivity contribution < 1.29 is 37.8 Å². The second-order valence-corrected chi connectivity index (χ2v) is 7.68. The lowest BCUT2D eigenvalue weighted by atomic mass is 10.1. The van der Waals surface area contributed by atoms with E-state index in [2.05, 4.69) is 20.6 Å². The number of anilines is 2. The molecule has 0 saturated carbocycles. The van der Waals surface area contributed by atoms with Gasteiger partial charge in [0, 0.05) is 24.2 Å². The summed E-state index contributed by atoms with van der Waals surface area (Å²) < 4.78 is 41.4. The second kappa shape index (κ2) is 10.3. The molecule has 2 aromatic carbocycles. The molecule has 1 amide bonds. The maximum Gasteiger partial charge on any atom is 0.419 e. The highest BCUT2D eigenvalue weighted by Gasteiger charge is 2.37. The van der Waals surface area contributed by atoms with E-state index < -0.39 is 53.0 Å². The number of nitrogens with two attached hydrogens (primary N) is 1. The fraction of sp³-hybridized carbons (Fsp3) is 0.227. The normalized spacial score (nSPS) is 12.2. The summed E-state index contributed by atoms with van der Waals surface area (Å²) in [5, 5.41) is 22.0. The molecule has 1 heterocycles. The lowest BCUT2D eigenvalue weighted by Gasteiger charge is -2.17. The number of amides is 1. The van der Waals surface area contributed by atoms with E-state index in [0.717, 1.165) is 6.07 Å². The standard InChI is InChI=1S/C22H20F3N5O6/c23-22(24,25)17-13(6-5-12-16(17)19(34)30-21(26)29-12)27-9-10-1-3-11(4-2-10)18(33)28-14(20(35)36)7-8-15(31)32/h1-6,14,27H,7-9H2,(H,28,33)(H,31,32)(H,35,36)(H3,26,29,30,34). The van der Waals surface area contributed by atoms with Gasteiger partial charge in [-0.05, 0) is 36.2 Å². The Morgan fingerprint density at radius 1 is 1.08 bits per heavy atom. The maximum atomic E-state index is 13.8. The van der Waals surface area contributed by atoms with Crippen molar-refractivity contribution in [2.45, 2.75) is 31.6 Å². The van der Waals surface area contributed by atoms with Gasteiger partial charge in [-0.1, -0.05) is 12.1 Å². The third-order valence-corrected chi connectivity index (χ3v) is 5.13. The molecular weight excluding hydrogens is 487 g/mol. The Morgan fingerprint density at radius 2 is 1.75 bits per heavy atom. The van der Waals surface area contributed by atoms with Crippen molar-refractivity contribution in [3.63, 3.8) is 0 Å². The molecule has 0 fully saturated rings. The van der Waals surface area contributed by atoms with Crippen LogP contribution in [0.3, 0.4) is 0 Å². The molecule has 3 rings (SSSR count). The van der Waals surface area contributed by atoms with Crippen LogP contribution in [0.5, 0.6) is 0 Å². The summed E-state index contributed by atoms with van der Waals surface area (Å²) in [7, 11) is 0. The number of carboxylic acid groups (broad SMARTS) is 2. The van der Waals surface area contributed by atoms with Crippen molar-refractivity contribution in [3.05, 3.63) is 63.4 Å². The summed E-state index contributed by atoms with van der Waals surface area (Å²) >= 11 is 0. The molecule has 0 aliphatic carbocycles. The second-order valence-electron chi connectivity index (χ2n) is 7.68. The highest BCUT2D eigenvalue weighted by atomic mass is 19.4. The number of aromatic amines is 1. The summed E-state index contributed by atoms with van der Waals surface area (Å²) in [6, 6.07) is 6.51. The molecule has 0 aliphatic rings. The van der Waals surface area contributed by atoms with E-state index in [-0.39, 0.29) is 35.7 Å². The van der Waals surface area contributed by atoms with Crippen LogP contribution in [0, 0.1) is 0 Å². The molecule has 3 aromatic rings. The van der Waals surface area contributed by atoms with E-state index in [4.69, 9.17) is 15.9 Å². The highest BCUT2D eigenvalue weighted by molar-refractivity contribution is 5.96. The van der Waals surface area contributed by atoms with Gasteiger partial charge >= 0.3 is 18.1 Å². The van der Waals surface area contributed by atoms with E-state index >= 15 is 0 Å². The SMILES string of the molecule is Nc1nc2ccc(NCc3ccc(C(=O)NC(CCC(=O)O)C(=O)O)cc3)c(C(F)(F)F)c2c(=O)[nH]1. The zero-order valence-corrected chi connectivity index (χ0v) is 18.3. The number of aromatic nitrogens is 2. The third-order valence-electron chi connectivity index (χ3n) is 5.13. The zero-order chi connectivity index (χ0) is 26.6. The van der Waals surface area contributed by atoms with E-state index in [0.29, 0.717) is 5.56 Å². The number of rotatable bonds is 9. The molecule has 1 unspecified atom stereocenters. The first kappa shape index (κ1) is 26.0. The van der Waals surface area contributed by atoms with E-state index in [9.17, 15) is 32.3 Å². The number of nitrogen functional groups attached to an aromatic ring is 1. The van der Waals surface area contributed by atoms with Crippen LogP contribution in [-0.4, -0.2) is 44.1 Å². The zero-order valence-electron chi connectivity index (χ0n) is 18.3. The Bertz CT molecular complexity index is 1370. The third kappa shape index (κ3) is 6.08. The summed E-state index contributed by atoms with van der Waals surface area (Å²) in [5.41, 5.74) is 3.14. The largest absolute Gasteiger partial charge is 0.481 e. The Balaban J connectivity index is 1.77. The van der Waals surface area contributed by atoms with Crippen molar-refractivity contribution >= 4 is 40.4 Å². The minimum Gasteiger partial charge on any atom is -0.481 e. The number of benzene rings is 2. The average Bonchev–Trinajstić information content (AvgIpc) is 2.79. The number of alkyl halides is 3. The van der Waals surface area contributed by atoms with Gasteiger partial charge in [0.25, 0.3) is 11.5 Å².